The van der Waals surface area contributed by atoms with Gasteiger partial charge in [0.2, 0.25) is 0 Å². The van der Waals surface area contributed by atoms with Gasteiger partial charge in [0, 0.05) is 24.0 Å². The minimum Gasteiger partial charge on any atom is -0.385 e. The molecular formula is C15H14ClN3O. The van der Waals surface area contributed by atoms with E-state index in [2.05, 4.69) is 15.6 Å². The molecule has 0 fully saturated rings. The SMILES string of the molecule is O=C(Nc1cccnc1Cl)c1cccc2c1CCCN2. The molecule has 0 saturated heterocycles. The van der Waals surface area contributed by atoms with Crippen LogP contribution in [0.25, 0.3) is 0 Å². The third kappa shape index (κ3) is 2.47. The van der Waals surface area contributed by atoms with Crippen LogP contribution in [0.15, 0.2) is 36.5 Å². The van der Waals surface area contributed by atoms with Gasteiger partial charge < -0.3 is 10.6 Å². The van der Waals surface area contributed by atoms with Gasteiger partial charge in [-0.05, 0) is 42.7 Å². The molecular weight excluding hydrogens is 274 g/mol. The van der Waals surface area contributed by atoms with Crippen molar-refractivity contribution in [2.24, 2.45) is 0 Å². The Morgan fingerprint density at radius 2 is 2.20 bits per heavy atom. The maximum absolute atomic E-state index is 12.4. The average Bonchev–Trinajstić information content (AvgIpc) is 2.49. The quantitative estimate of drug-likeness (QED) is 0.833. The normalized spacial score (nSPS) is 13.2. The Morgan fingerprint density at radius 3 is 3.05 bits per heavy atom. The molecule has 3 rings (SSSR count). The lowest BCUT2D eigenvalue weighted by Crippen LogP contribution is -2.19. The zero-order valence-electron chi connectivity index (χ0n) is 10.8. The fourth-order valence-electron chi connectivity index (χ4n) is 2.39. The highest BCUT2D eigenvalue weighted by atomic mass is 35.5. The molecule has 1 aliphatic rings. The van der Waals surface area contributed by atoms with Gasteiger partial charge >= 0.3 is 0 Å². The van der Waals surface area contributed by atoms with Crippen molar-refractivity contribution in [3.8, 4) is 0 Å². The number of amides is 1. The van der Waals surface area contributed by atoms with E-state index in [0.29, 0.717) is 16.4 Å². The molecule has 1 aromatic heterocycles. The van der Waals surface area contributed by atoms with Crippen molar-refractivity contribution < 1.29 is 4.79 Å². The van der Waals surface area contributed by atoms with E-state index >= 15 is 0 Å². The highest BCUT2D eigenvalue weighted by Gasteiger charge is 2.18. The lowest BCUT2D eigenvalue weighted by Gasteiger charge is -2.20. The second-order valence-corrected chi connectivity index (χ2v) is 5.02. The van der Waals surface area contributed by atoms with Gasteiger partial charge in [0.05, 0.1) is 5.69 Å². The Kier molecular flexibility index (Phi) is 3.56. The first-order valence-corrected chi connectivity index (χ1v) is 6.91. The maximum atomic E-state index is 12.4. The molecule has 5 heteroatoms. The number of nitrogens with zero attached hydrogens (tertiary/aromatic N) is 1. The minimum atomic E-state index is -0.152. The number of halogens is 1. The van der Waals surface area contributed by atoms with Crippen molar-refractivity contribution >= 4 is 28.9 Å². The van der Waals surface area contributed by atoms with Gasteiger partial charge in [0.1, 0.15) is 0 Å². The van der Waals surface area contributed by atoms with E-state index in [0.717, 1.165) is 30.6 Å². The predicted molar refractivity (Wildman–Crippen MR) is 80.5 cm³/mol. The molecule has 0 aliphatic carbocycles. The van der Waals surface area contributed by atoms with Crippen LogP contribution in [0.5, 0.6) is 0 Å². The van der Waals surface area contributed by atoms with Crippen LogP contribution in [-0.2, 0) is 6.42 Å². The summed E-state index contributed by atoms with van der Waals surface area (Å²) in [5.74, 6) is -0.152. The second kappa shape index (κ2) is 5.51. The lowest BCUT2D eigenvalue weighted by molar-refractivity contribution is 0.102. The number of nitrogens with one attached hydrogen (secondary N) is 2. The predicted octanol–water partition coefficient (Wildman–Crippen LogP) is 3.35. The molecule has 1 aliphatic heterocycles. The van der Waals surface area contributed by atoms with Crippen molar-refractivity contribution in [3.05, 3.63) is 52.8 Å². The monoisotopic (exact) mass is 287 g/mol. The van der Waals surface area contributed by atoms with Gasteiger partial charge in [-0.2, -0.15) is 0 Å². The fraction of sp³-hybridized carbons (Fsp3) is 0.200. The first-order valence-electron chi connectivity index (χ1n) is 6.53. The molecule has 0 atom stereocenters. The van der Waals surface area contributed by atoms with Gasteiger partial charge in [-0.25, -0.2) is 4.98 Å². The summed E-state index contributed by atoms with van der Waals surface area (Å²) in [6.07, 6.45) is 3.53. The average molecular weight is 288 g/mol. The molecule has 1 aromatic carbocycles. The van der Waals surface area contributed by atoms with Crippen LogP contribution in [0.3, 0.4) is 0 Å². The van der Waals surface area contributed by atoms with E-state index in [9.17, 15) is 4.79 Å². The number of anilines is 2. The third-order valence-electron chi connectivity index (χ3n) is 3.35. The molecule has 0 unspecified atom stereocenters. The van der Waals surface area contributed by atoms with Crippen LogP contribution in [0.4, 0.5) is 11.4 Å². The Labute approximate surface area is 122 Å². The summed E-state index contributed by atoms with van der Waals surface area (Å²) in [5.41, 5.74) is 3.33. The smallest absolute Gasteiger partial charge is 0.256 e. The minimum absolute atomic E-state index is 0.152. The van der Waals surface area contributed by atoms with Gasteiger partial charge in [0.25, 0.3) is 5.91 Å². The van der Waals surface area contributed by atoms with Crippen LogP contribution < -0.4 is 10.6 Å². The van der Waals surface area contributed by atoms with Crippen molar-refractivity contribution in [1.29, 1.82) is 0 Å². The van der Waals surface area contributed by atoms with Gasteiger partial charge in [-0.3, -0.25) is 4.79 Å². The molecule has 0 saturated carbocycles. The van der Waals surface area contributed by atoms with Crippen LogP contribution >= 0.6 is 11.6 Å². The standard InChI is InChI=1S/C15H14ClN3O/c16-14-13(7-3-9-18-14)19-15(20)11-4-1-6-12-10(11)5-2-8-17-12/h1,3-4,6-7,9,17H,2,5,8H2,(H,19,20). The van der Waals surface area contributed by atoms with Crippen LogP contribution in [0.1, 0.15) is 22.3 Å². The Bertz CT molecular complexity index is 657. The second-order valence-electron chi connectivity index (χ2n) is 4.66. The number of carbonyl (C=O) groups excluding carboxylic acids is 1. The largest absolute Gasteiger partial charge is 0.385 e. The van der Waals surface area contributed by atoms with E-state index < -0.39 is 0 Å². The Balaban J connectivity index is 1.90. The molecule has 2 N–H and O–H groups in total. The first-order chi connectivity index (χ1) is 9.75. The highest BCUT2D eigenvalue weighted by molar-refractivity contribution is 6.32. The molecule has 4 nitrogen and oxygen atoms in total. The summed E-state index contributed by atoms with van der Waals surface area (Å²) < 4.78 is 0. The van der Waals surface area contributed by atoms with Crippen LogP contribution in [0, 0.1) is 0 Å². The molecule has 102 valence electrons. The van der Waals surface area contributed by atoms with E-state index in [1.54, 1.807) is 18.3 Å². The molecule has 0 spiro atoms. The summed E-state index contributed by atoms with van der Waals surface area (Å²) in [6, 6.07) is 9.20. The number of fused-ring (bicyclic) bond motifs is 1. The Hall–Kier alpha value is -2.07. The van der Waals surface area contributed by atoms with E-state index in [1.165, 1.54) is 0 Å². The Morgan fingerprint density at radius 1 is 1.30 bits per heavy atom. The summed E-state index contributed by atoms with van der Waals surface area (Å²) in [6.45, 7) is 0.951. The zero-order chi connectivity index (χ0) is 13.9. The molecule has 20 heavy (non-hydrogen) atoms. The van der Waals surface area contributed by atoms with Gasteiger partial charge in [-0.15, -0.1) is 0 Å². The number of hydrogen-bond donors (Lipinski definition) is 2. The molecule has 2 heterocycles. The van der Waals surface area contributed by atoms with Crippen molar-refractivity contribution in [1.82, 2.24) is 4.98 Å². The van der Waals surface area contributed by atoms with Crippen LogP contribution in [0.2, 0.25) is 5.15 Å². The number of pyridine rings is 1. The molecule has 0 radical (unpaired) electrons. The fourth-order valence-corrected chi connectivity index (χ4v) is 2.56. The van der Waals surface area contributed by atoms with Gasteiger partial charge in [0.15, 0.2) is 5.15 Å². The topological polar surface area (TPSA) is 54.0 Å². The summed E-state index contributed by atoms with van der Waals surface area (Å²) in [5, 5.41) is 6.43. The first kappa shape index (κ1) is 12.9. The van der Waals surface area contributed by atoms with Crippen molar-refractivity contribution in [3.63, 3.8) is 0 Å². The molecule has 1 amide bonds. The lowest BCUT2D eigenvalue weighted by atomic mass is 9.97. The van der Waals surface area contributed by atoms with Crippen molar-refractivity contribution in [2.75, 3.05) is 17.2 Å². The number of benzene rings is 1. The number of rotatable bonds is 2. The van der Waals surface area contributed by atoms with Crippen LogP contribution in [-0.4, -0.2) is 17.4 Å². The zero-order valence-corrected chi connectivity index (χ0v) is 11.6. The number of hydrogen-bond acceptors (Lipinski definition) is 3. The van der Waals surface area contributed by atoms with Gasteiger partial charge in [-0.1, -0.05) is 17.7 Å². The van der Waals surface area contributed by atoms with E-state index in [1.807, 2.05) is 18.2 Å². The summed E-state index contributed by atoms with van der Waals surface area (Å²) in [7, 11) is 0. The number of aromatic nitrogens is 1. The summed E-state index contributed by atoms with van der Waals surface area (Å²) >= 11 is 5.96. The maximum Gasteiger partial charge on any atom is 0.256 e. The third-order valence-corrected chi connectivity index (χ3v) is 3.65. The van der Waals surface area contributed by atoms with E-state index in [-0.39, 0.29) is 5.91 Å². The number of carbonyl (C=O) groups is 1. The van der Waals surface area contributed by atoms with Crippen molar-refractivity contribution in [2.45, 2.75) is 12.8 Å². The van der Waals surface area contributed by atoms with E-state index in [4.69, 9.17) is 11.6 Å². The summed E-state index contributed by atoms with van der Waals surface area (Å²) in [4.78, 5) is 16.4. The molecule has 2 aromatic rings. The molecule has 0 bridgehead atoms. The highest BCUT2D eigenvalue weighted by Crippen LogP contribution is 2.26.